The van der Waals surface area contributed by atoms with E-state index in [-0.39, 0.29) is 5.91 Å². The molecule has 0 unspecified atom stereocenters. The zero-order valence-electron chi connectivity index (χ0n) is 15.2. The number of hydrogen-bond donors (Lipinski definition) is 1. The van der Waals surface area contributed by atoms with Crippen LogP contribution in [0.25, 0.3) is 17.5 Å². The van der Waals surface area contributed by atoms with Crippen LogP contribution in [0.1, 0.15) is 11.1 Å². The fraction of sp³-hybridized carbons (Fsp3) is 0.150. The minimum atomic E-state index is -0.273. The lowest BCUT2D eigenvalue weighted by atomic mass is 10.1. The van der Waals surface area contributed by atoms with Gasteiger partial charge < -0.3 is 19.2 Å². The van der Waals surface area contributed by atoms with Crippen molar-refractivity contribution in [2.75, 3.05) is 19.5 Å². The molecule has 27 heavy (non-hydrogen) atoms. The van der Waals surface area contributed by atoms with Gasteiger partial charge in [0.05, 0.1) is 14.2 Å². The third-order valence-corrected chi connectivity index (χ3v) is 3.95. The van der Waals surface area contributed by atoms with Crippen LogP contribution in [0.3, 0.4) is 0 Å². The van der Waals surface area contributed by atoms with Crippen molar-refractivity contribution in [3.8, 4) is 23.0 Å². The van der Waals surface area contributed by atoms with E-state index in [0.29, 0.717) is 23.1 Å². The molecule has 2 aromatic carbocycles. The molecule has 1 N–H and O–H groups in total. The highest BCUT2D eigenvalue weighted by Gasteiger charge is 2.09. The summed E-state index contributed by atoms with van der Waals surface area (Å²) in [6.45, 7) is 1.90. The number of amides is 1. The van der Waals surface area contributed by atoms with Gasteiger partial charge in [-0.05, 0) is 48.9 Å². The number of carbonyl (C=O) groups is 1. The molecule has 1 amide bonds. The number of ether oxygens (including phenoxy) is 2. The first kappa shape index (κ1) is 18.2. The SMILES string of the molecule is COc1ccc(OC)c(C=CC(=O)Nc2cc(-c3nnco3)ccc2C)c1. The predicted molar refractivity (Wildman–Crippen MR) is 102 cm³/mol. The van der Waals surface area contributed by atoms with E-state index in [1.165, 1.54) is 12.5 Å². The van der Waals surface area contributed by atoms with Gasteiger partial charge in [0.2, 0.25) is 18.2 Å². The number of anilines is 1. The predicted octanol–water partition coefficient (Wildman–Crippen LogP) is 3.71. The molecule has 0 atom stereocenters. The topological polar surface area (TPSA) is 86.5 Å². The van der Waals surface area contributed by atoms with Crippen molar-refractivity contribution < 1.29 is 18.7 Å². The molecule has 7 nitrogen and oxygen atoms in total. The highest BCUT2D eigenvalue weighted by molar-refractivity contribution is 6.02. The summed E-state index contributed by atoms with van der Waals surface area (Å²) in [6.07, 6.45) is 4.38. The molecule has 0 radical (unpaired) electrons. The Morgan fingerprint density at radius 2 is 2.00 bits per heavy atom. The molecule has 3 rings (SSSR count). The maximum Gasteiger partial charge on any atom is 0.248 e. The van der Waals surface area contributed by atoms with Crippen molar-refractivity contribution in [1.29, 1.82) is 0 Å². The normalized spacial score (nSPS) is 10.8. The van der Waals surface area contributed by atoms with Crippen molar-refractivity contribution in [3.05, 3.63) is 60.0 Å². The number of aryl methyl sites for hydroxylation is 1. The summed E-state index contributed by atoms with van der Waals surface area (Å²) >= 11 is 0. The van der Waals surface area contributed by atoms with E-state index in [1.54, 1.807) is 44.6 Å². The molecule has 0 spiro atoms. The molecular formula is C20H19N3O4. The van der Waals surface area contributed by atoms with Crippen molar-refractivity contribution >= 4 is 17.7 Å². The second-order valence-electron chi connectivity index (χ2n) is 5.70. The van der Waals surface area contributed by atoms with E-state index in [0.717, 1.165) is 16.7 Å². The molecule has 0 bridgehead atoms. The first-order valence-corrected chi connectivity index (χ1v) is 8.19. The van der Waals surface area contributed by atoms with Gasteiger partial charge in [-0.2, -0.15) is 0 Å². The van der Waals surface area contributed by atoms with E-state index < -0.39 is 0 Å². The number of benzene rings is 2. The molecule has 0 saturated heterocycles. The summed E-state index contributed by atoms with van der Waals surface area (Å²) in [7, 11) is 3.16. The van der Waals surface area contributed by atoms with Crippen LogP contribution in [0.2, 0.25) is 0 Å². The zero-order valence-corrected chi connectivity index (χ0v) is 15.2. The van der Waals surface area contributed by atoms with Crippen molar-refractivity contribution in [1.82, 2.24) is 10.2 Å². The second kappa shape index (κ2) is 8.18. The first-order chi connectivity index (χ1) is 13.1. The molecule has 7 heteroatoms. The molecule has 1 heterocycles. The van der Waals surface area contributed by atoms with E-state index >= 15 is 0 Å². The van der Waals surface area contributed by atoms with Gasteiger partial charge in [0.15, 0.2) is 0 Å². The maximum absolute atomic E-state index is 12.4. The van der Waals surface area contributed by atoms with Crippen molar-refractivity contribution in [3.63, 3.8) is 0 Å². The number of nitrogens with one attached hydrogen (secondary N) is 1. The highest BCUT2D eigenvalue weighted by atomic mass is 16.5. The van der Waals surface area contributed by atoms with Gasteiger partial charge in [0, 0.05) is 22.9 Å². The van der Waals surface area contributed by atoms with Gasteiger partial charge in [-0.15, -0.1) is 10.2 Å². The molecule has 0 aliphatic rings. The summed E-state index contributed by atoms with van der Waals surface area (Å²) in [5.74, 6) is 1.45. The van der Waals surface area contributed by atoms with Crippen molar-refractivity contribution in [2.45, 2.75) is 6.92 Å². The van der Waals surface area contributed by atoms with E-state index in [1.807, 2.05) is 19.1 Å². The van der Waals surface area contributed by atoms with Crippen LogP contribution in [0, 0.1) is 6.92 Å². The largest absolute Gasteiger partial charge is 0.497 e. The Bertz CT molecular complexity index is 965. The Balaban J connectivity index is 1.78. The fourth-order valence-electron chi connectivity index (χ4n) is 2.50. The van der Waals surface area contributed by atoms with Gasteiger partial charge >= 0.3 is 0 Å². The number of rotatable bonds is 6. The Morgan fingerprint density at radius 3 is 2.70 bits per heavy atom. The minimum absolute atomic E-state index is 0.273. The molecule has 1 aromatic heterocycles. The van der Waals surface area contributed by atoms with Crippen LogP contribution in [0.4, 0.5) is 5.69 Å². The van der Waals surface area contributed by atoms with Gasteiger partial charge in [-0.25, -0.2) is 0 Å². The second-order valence-corrected chi connectivity index (χ2v) is 5.70. The van der Waals surface area contributed by atoms with E-state index in [9.17, 15) is 4.79 Å². The summed E-state index contributed by atoms with van der Waals surface area (Å²) in [4.78, 5) is 12.4. The monoisotopic (exact) mass is 365 g/mol. The zero-order chi connectivity index (χ0) is 19.2. The van der Waals surface area contributed by atoms with Crippen LogP contribution >= 0.6 is 0 Å². The number of methoxy groups -OCH3 is 2. The summed E-state index contributed by atoms with van der Waals surface area (Å²) in [6, 6.07) is 10.9. The summed E-state index contributed by atoms with van der Waals surface area (Å²) < 4.78 is 15.7. The summed E-state index contributed by atoms with van der Waals surface area (Å²) in [5, 5.41) is 10.4. The highest BCUT2D eigenvalue weighted by Crippen LogP contribution is 2.26. The van der Waals surface area contributed by atoms with E-state index in [4.69, 9.17) is 13.9 Å². The molecular weight excluding hydrogens is 346 g/mol. The molecule has 0 aliphatic carbocycles. The average Bonchev–Trinajstić information content (AvgIpc) is 3.22. The Kier molecular flexibility index (Phi) is 5.51. The molecule has 0 fully saturated rings. The van der Waals surface area contributed by atoms with Gasteiger partial charge in [0.1, 0.15) is 11.5 Å². The third kappa shape index (κ3) is 4.33. The third-order valence-electron chi connectivity index (χ3n) is 3.95. The van der Waals surface area contributed by atoms with Crippen LogP contribution < -0.4 is 14.8 Å². The number of aromatic nitrogens is 2. The number of hydrogen-bond acceptors (Lipinski definition) is 6. The smallest absolute Gasteiger partial charge is 0.248 e. The Morgan fingerprint density at radius 1 is 1.15 bits per heavy atom. The lowest BCUT2D eigenvalue weighted by Crippen LogP contribution is -2.09. The average molecular weight is 365 g/mol. The van der Waals surface area contributed by atoms with Gasteiger partial charge in [-0.3, -0.25) is 4.79 Å². The van der Waals surface area contributed by atoms with Gasteiger partial charge in [0.25, 0.3) is 0 Å². The Hall–Kier alpha value is -3.61. The van der Waals surface area contributed by atoms with Crippen molar-refractivity contribution in [2.24, 2.45) is 0 Å². The van der Waals surface area contributed by atoms with Crippen LogP contribution in [0.5, 0.6) is 11.5 Å². The maximum atomic E-state index is 12.4. The van der Waals surface area contributed by atoms with Crippen LogP contribution in [-0.4, -0.2) is 30.3 Å². The lowest BCUT2D eigenvalue weighted by Gasteiger charge is -2.09. The van der Waals surface area contributed by atoms with Crippen LogP contribution in [0.15, 0.2) is 53.3 Å². The summed E-state index contributed by atoms with van der Waals surface area (Å²) in [5.41, 5.74) is 3.05. The van der Waals surface area contributed by atoms with Gasteiger partial charge in [-0.1, -0.05) is 6.07 Å². The molecule has 138 valence electrons. The number of nitrogens with zero attached hydrogens (tertiary/aromatic N) is 2. The standard InChI is InChI=1S/C20H19N3O4/c1-13-4-5-15(20-23-21-12-27-20)11-17(13)22-19(24)9-6-14-10-16(25-2)7-8-18(14)26-3/h4-12H,1-3H3,(H,22,24). The first-order valence-electron chi connectivity index (χ1n) is 8.19. The quantitative estimate of drug-likeness (QED) is 0.670. The fourth-order valence-corrected chi connectivity index (χ4v) is 2.50. The molecule has 0 saturated carbocycles. The Labute approximate surface area is 156 Å². The molecule has 0 aliphatic heterocycles. The number of carbonyl (C=O) groups excluding carboxylic acids is 1. The van der Waals surface area contributed by atoms with E-state index in [2.05, 4.69) is 15.5 Å². The van der Waals surface area contributed by atoms with Crippen LogP contribution in [-0.2, 0) is 4.79 Å². The molecule has 3 aromatic rings. The minimum Gasteiger partial charge on any atom is -0.497 e. The lowest BCUT2D eigenvalue weighted by molar-refractivity contribution is -0.111.